The van der Waals surface area contributed by atoms with Crippen molar-refractivity contribution in [2.75, 3.05) is 13.7 Å². The number of aliphatic hydroxyl groups is 1. The fourth-order valence-corrected chi connectivity index (χ4v) is 3.69. The second-order valence-corrected chi connectivity index (χ2v) is 9.67. The van der Waals surface area contributed by atoms with Crippen molar-refractivity contribution in [2.45, 2.75) is 44.8 Å². The topological polar surface area (TPSA) is 138 Å². The Bertz CT molecular complexity index is 1280. The van der Waals surface area contributed by atoms with Crippen molar-refractivity contribution in [1.82, 2.24) is 4.98 Å². The highest BCUT2D eigenvalue weighted by Crippen LogP contribution is 2.33. The molecule has 0 radical (unpaired) electrons. The van der Waals surface area contributed by atoms with Crippen molar-refractivity contribution in [1.29, 1.82) is 0 Å². The van der Waals surface area contributed by atoms with Gasteiger partial charge in [0.25, 0.3) is 5.91 Å². The van der Waals surface area contributed by atoms with Crippen LogP contribution in [-0.4, -0.2) is 35.5 Å². The Balaban J connectivity index is 1.84. The molecule has 3 rings (SSSR count). The van der Waals surface area contributed by atoms with Gasteiger partial charge in [-0.1, -0.05) is 0 Å². The molecule has 196 valence electrons. The number of pyridine rings is 1. The highest BCUT2D eigenvalue weighted by Gasteiger charge is 2.29. The number of methoxy groups -OCH3 is 1. The number of amides is 1. The van der Waals surface area contributed by atoms with Gasteiger partial charge in [-0.3, -0.25) is 9.59 Å². The third kappa shape index (κ3) is 7.12. The minimum Gasteiger partial charge on any atom is -0.493 e. The summed E-state index contributed by atoms with van der Waals surface area (Å²) in [5.41, 5.74) is 11.9. The van der Waals surface area contributed by atoms with E-state index in [1.807, 2.05) is 19.9 Å². The first-order valence-electron chi connectivity index (χ1n) is 11.7. The first kappa shape index (κ1) is 27.8. The van der Waals surface area contributed by atoms with E-state index < -0.39 is 17.0 Å². The summed E-state index contributed by atoms with van der Waals surface area (Å²) in [5, 5.41) is 11.4. The third-order valence-electron chi connectivity index (χ3n) is 5.96. The molecule has 1 aromatic heterocycles. The summed E-state index contributed by atoms with van der Waals surface area (Å²) >= 11 is 0. The highest BCUT2D eigenvalue weighted by molar-refractivity contribution is 5.96. The van der Waals surface area contributed by atoms with Crippen LogP contribution in [0.4, 0.5) is 4.39 Å². The molecule has 0 fully saturated rings. The predicted molar refractivity (Wildman–Crippen MR) is 138 cm³/mol. The van der Waals surface area contributed by atoms with Crippen molar-refractivity contribution >= 4 is 11.7 Å². The average Bonchev–Trinajstić information content (AvgIpc) is 2.85. The lowest BCUT2D eigenvalue weighted by Crippen LogP contribution is -2.31. The second kappa shape index (κ2) is 11.1. The maximum atomic E-state index is 13.4. The molecule has 0 aliphatic carbocycles. The van der Waals surface area contributed by atoms with E-state index in [0.29, 0.717) is 22.5 Å². The summed E-state index contributed by atoms with van der Waals surface area (Å²) < 4.78 is 24.0. The average molecular weight is 510 g/mol. The van der Waals surface area contributed by atoms with Gasteiger partial charge in [-0.05, 0) is 87.4 Å². The molecule has 0 saturated heterocycles. The highest BCUT2D eigenvalue weighted by atomic mass is 19.1. The van der Waals surface area contributed by atoms with Crippen molar-refractivity contribution in [2.24, 2.45) is 11.5 Å². The molecule has 2 aromatic carbocycles. The second-order valence-electron chi connectivity index (χ2n) is 9.67. The molecule has 5 N–H and O–H groups in total. The lowest BCUT2D eigenvalue weighted by molar-refractivity contribution is -0.119. The molecule has 1 amide bonds. The number of ether oxygens (including phenoxy) is 2. The van der Waals surface area contributed by atoms with E-state index in [2.05, 4.69) is 4.98 Å². The van der Waals surface area contributed by atoms with Gasteiger partial charge in [-0.15, -0.1) is 0 Å². The Kier molecular flexibility index (Phi) is 8.30. The summed E-state index contributed by atoms with van der Waals surface area (Å²) in [6.07, 6.45) is 0.0971. The van der Waals surface area contributed by atoms with Gasteiger partial charge < -0.3 is 26.0 Å². The van der Waals surface area contributed by atoms with Crippen LogP contribution in [0.1, 0.15) is 55.2 Å². The molecule has 1 heterocycles. The van der Waals surface area contributed by atoms with E-state index >= 15 is 0 Å². The number of carbonyl (C=O) groups excluding carboxylic acids is 2. The first-order valence-corrected chi connectivity index (χ1v) is 11.7. The van der Waals surface area contributed by atoms with E-state index in [0.717, 1.165) is 5.56 Å². The molecule has 0 bridgehead atoms. The summed E-state index contributed by atoms with van der Waals surface area (Å²) in [6.45, 7) is 4.94. The van der Waals surface area contributed by atoms with Crippen LogP contribution in [0.2, 0.25) is 0 Å². The molecule has 0 spiro atoms. The van der Waals surface area contributed by atoms with Gasteiger partial charge in [-0.2, -0.15) is 0 Å². The molecule has 0 aliphatic heterocycles. The molecule has 9 heteroatoms. The van der Waals surface area contributed by atoms with Crippen molar-refractivity contribution in [3.8, 4) is 22.8 Å². The zero-order chi connectivity index (χ0) is 27.4. The molecule has 8 nitrogen and oxygen atoms in total. The molecular weight excluding hydrogens is 477 g/mol. The van der Waals surface area contributed by atoms with Crippen molar-refractivity contribution in [3.05, 3.63) is 77.2 Å². The number of primary amides is 1. The normalized spacial score (nSPS) is 13.1. The fraction of sp³-hybridized carbons (Fsp3) is 0.321. The van der Waals surface area contributed by atoms with Gasteiger partial charge in [0.05, 0.1) is 18.5 Å². The number of halogens is 1. The van der Waals surface area contributed by atoms with Crippen molar-refractivity contribution in [3.63, 3.8) is 0 Å². The van der Waals surface area contributed by atoms with E-state index in [1.54, 1.807) is 31.2 Å². The summed E-state index contributed by atoms with van der Waals surface area (Å²) in [7, 11) is 1.42. The van der Waals surface area contributed by atoms with Crippen LogP contribution in [-0.2, 0) is 15.9 Å². The lowest BCUT2D eigenvalue weighted by Gasteiger charge is -2.27. The number of Topliss-reactive ketones (excluding diaryl/α,β-unsaturated/α-hetero) is 1. The molecule has 3 aromatic rings. The maximum absolute atomic E-state index is 13.4. The summed E-state index contributed by atoms with van der Waals surface area (Å²) in [6, 6.07) is 14.0. The van der Waals surface area contributed by atoms with Gasteiger partial charge in [0.2, 0.25) is 0 Å². The molecule has 0 saturated carbocycles. The molecule has 1 atom stereocenters. The smallest absolute Gasteiger partial charge is 0.255 e. The number of ketones is 1. The lowest BCUT2D eigenvalue weighted by atomic mass is 9.88. The first-order chi connectivity index (χ1) is 17.3. The van der Waals surface area contributed by atoms with Crippen LogP contribution in [0.25, 0.3) is 11.3 Å². The minimum absolute atomic E-state index is 0.0153. The number of hydrogen-bond acceptors (Lipinski definition) is 7. The van der Waals surface area contributed by atoms with Crippen LogP contribution in [0, 0.1) is 5.82 Å². The van der Waals surface area contributed by atoms with E-state index in [-0.39, 0.29) is 42.5 Å². The largest absolute Gasteiger partial charge is 0.493 e. The number of nitrogens with zero attached hydrogens (tertiary/aromatic N) is 1. The number of aromatic nitrogens is 1. The fourth-order valence-electron chi connectivity index (χ4n) is 3.69. The Morgan fingerprint density at radius 3 is 2.30 bits per heavy atom. The van der Waals surface area contributed by atoms with E-state index in [1.165, 1.54) is 31.4 Å². The molecule has 37 heavy (non-hydrogen) atoms. The van der Waals surface area contributed by atoms with Gasteiger partial charge in [-0.25, -0.2) is 9.37 Å². The standard InChI is InChI=1S/C28H32FN3O5/c1-27(2,31)19-14-21(17-5-8-20(29)9-6-17)32-25(15-19)28(3,35)12-11-22(33)18-7-10-23(24(13-18)36-4)37-16-26(30)34/h5-10,13-15,35H,11-12,16,31H2,1-4H3,(H2,30,34)/t28-/m1/s1. The van der Waals surface area contributed by atoms with E-state index in [4.69, 9.17) is 20.9 Å². The van der Waals surface area contributed by atoms with Crippen molar-refractivity contribution < 1.29 is 28.6 Å². The molecule has 0 aliphatic rings. The van der Waals surface area contributed by atoms with Crippen LogP contribution in [0.15, 0.2) is 54.6 Å². The van der Waals surface area contributed by atoms with Gasteiger partial charge >= 0.3 is 0 Å². The Morgan fingerprint density at radius 1 is 1.03 bits per heavy atom. The number of rotatable bonds is 11. The predicted octanol–water partition coefficient (Wildman–Crippen LogP) is 3.82. The third-order valence-corrected chi connectivity index (χ3v) is 5.96. The van der Waals surface area contributed by atoms with Gasteiger partial charge in [0, 0.05) is 23.1 Å². The Labute approximate surface area is 215 Å². The SMILES string of the molecule is COc1cc(C(=O)CC[C@@](C)(O)c2cc(C(C)(C)N)cc(-c3ccc(F)cc3)n2)ccc1OCC(N)=O. The van der Waals surface area contributed by atoms with Crippen LogP contribution in [0.5, 0.6) is 11.5 Å². The minimum atomic E-state index is -1.46. The van der Waals surface area contributed by atoms with Gasteiger partial charge in [0.1, 0.15) is 11.4 Å². The van der Waals surface area contributed by atoms with Crippen LogP contribution in [0.3, 0.4) is 0 Å². The Morgan fingerprint density at radius 2 is 1.70 bits per heavy atom. The van der Waals surface area contributed by atoms with Crippen LogP contribution < -0.4 is 20.9 Å². The van der Waals surface area contributed by atoms with Crippen LogP contribution >= 0.6 is 0 Å². The quantitative estimate of drug-likeness (QED) is 0.334. The number of benzene rings is 2. The zero-order valence-corrected chi connectivity index (χ0v) is 21.4. The number of carbonyl (C=O) groups is 2. The molecular formula is C28H32FN3O5. The molecule has 0 unspecified atom stereocenters. The number of nitrogens with two attached hydrogens (primary N) is 2. The summed E-state index contributed by atoms with van der Waals surface area (Å²) in [5.74, 6) is -0.670. The Hall–Kier alpha value is -3.82. The zero-order valence-electron chi connectivity index (χ0n) is 21.4. The number of hydrogen-bond donors (Lipinski definition) is 3. The monoisotopic (exact) mass is 509 g/mol. The van der Waals surface area contributed by atoms with Gasteiger partial charge in [0.15, 0.2) is 23.9 Å². The summed E-state index contributed by atoms with van der Waals surface area (Å²) in [4.78, 5) is 28.6. The maximum Gasteiger partial charge on any atom is 0.255 e. The van der Waals surface area contributed by atoms with E-state index in [9.17, 15) is 19.1 Å².